The van der Waals surface area contributed by atoms with Crippen LogP contribution in [0.1, 0.15) is 6.42 Å². The van der Waals surface area contributed by atoms with Crippen molar-refractivity contribution in [1.29, 1.82) is 0 Å². The molecule has 7 nitrogen and oxygen atoms in total. The molecule has 0 aromatic carbocycles. The highest BCUT2D eigenvalue weighted by Crippen LogP contribution is 2.02. The molecule has 0 saturated carbocycles. The van der Waals surface area contributed by atoms with E-state index < -0.39 is 0 Å². The summed E-state index contributed by atoms with van der Waals surface area (Å²) in [5, 5.41) is 7.04. The number of anilines is 1. The first-order valence-electron chi connectivity index (χ1n) is 5.02. The van der Waals surface area contributed by atoms with Crippen LogP contribution >= 0.6 is 0 Å². The number of hydrazine groups is 1. The smallest absolute Gasteiger partial charge is 0.210 e. The van der Waals surface area contributed by atoms with E-state index in [-0.39, 0.29) is 0 Å². The quantitative estimate of drug-likeness (QED) is 0.211. The van der Waals surface area contributed by atoms with Gasteiger partial charge in [-0.25, -0.2) is 5.84 Å². The summed E-state index contributed by atoms with van der Waals surface area (Å²) in [7, 11) is 3.51. The van der Waals surface area contributed by atoms with Crippen LogP contribution in [0.25, 0.3) is 0 Å². The monoisotopic (exact) mass is 226 g/mol. The zero-order valence-corrected chi connectivity index (χ0v) is 9.60. The summed E-state index contributed by atoms with van der Waals surface area (Å²) < 4.78 is 6.62. The predicted octanol–water partition coefficient (Wildman–Crippen LogP) is -0.312. The molecule has 0 aliphatic carbocycles. The number of nitrogens with two attached hydrogens (primary N) is 1. The van der Waals surface area contributed by atoms with Gasteiger partial charge in [-0.05, 0) is 6.42 Å². The lowest BCUT2D eigenvalue weighted by Gasteiger charge is -2.06. The van der Waals surface area contributed by atoms with Gasteiger partial charge in [0.2, 0.25) is 5.96 Å². The number of ether oxygens (including phenoxy) is 1. The Morgan fingerprint density at radius 1 is 1.69 bits per heavy atom. The lowest BCUT2D eigenvalue weighted by atomic mass is 10.5. The third kappa shape index (κ3) is 4.28. The lowest BCUT2D eigenvalue weighted by molar-refractivity contribution is 0.197. The zero-order chi connectivity index (χ0) is 11.8. The van der Waals surface area contributed by atoms with E-state index >= 15 is 0 Å². The van der Waals surface area contributed by atoms with Gasteiger partial charge in [-0.3, -0.25) is 15.1 Å². The first-order chi connectivity index (χ1) is 7.76. The number of methoxy groups -OCH3 is 1. The Kier molecular flexibility index (Phi) is 5.30. The van der Waals surface area contributed by atoms with Crippen LogP contribution in [-0.2, 0) is 11.8 Å². The molecule has 90 valence electrons. The summed E-state index contributed by atoms with van der Waals surface area (Å²) in [6, 6.07) is 0. The van der Waals surface area contributed by atoms with E-state index in [4.69, 9.17) is 10.6 Å². The first kappa shape index (κ1) is 12.5. The number of hydrogen-bond donors (Lipinski definition) is 3. The maximum Gasteiger partial charge on any atom is 0.210 e. The number of aromatic nitrogens is 2. The minimum Gasteiger partial charge on any atom is -0.385 e. The van der Waals surface area contributed by atoms with Crippen molar-refractivity contribution >= 4 is 11.6 Å². The topological polar surface area (TPSA) is 89.5 Å². The Hall–Kier alpha value is -1.60. The molecule has 7 heteroatoms. The van der Waals surface area contributed by atoms with E-state index in [0.717, 1.165) is 12.1 Å². The van der Waals surface area contributed by atoms with Gasteiger partial charge in [0.1, 0.15) is 0 Å². The van der Waals surface area contributed by atoms with Gasteiger partial charge in [-0.2, -0.15) is 5.10 Å². The van der Waals surface area contributed by atoms with Gasteiger partial charge >= 0.3 is 0 Å². The molecular weight excluding hydrogens is 208 g/mol. The Morgan fingerprint density at radius 2 is 2.50 bits per heavy atom. The van der Waals surface area contributed by atoms with Crippen LogP contribution in [0.4, 0.5) is 5.69 Å². The molecule has 1 heterocycles. The molecule has 1 aromatic heterocycles. The maximum absolute atomic E-state index is 5.34. The summed E-state index contributed by atoms with van der Waals surface area (Å²) in [6.07, 6.45) is 4.39. The molecule has 0 bridgehead atoms. The van der Waals surface area contributed by atoms with E-state index in [0.29, 0.717) is 19.1 Å². The first-order valence-corrected chi connectivity index (χ1v) is 5.02. The molecular formula is C9H18N6O. The standard InChI is InChI=1S/C9H18N6O/c1-15-7-8(6-12-15)13-9(14-10)11-4-3-5-16-2/h6-7H,3-5,10H2,1-2H3,(H2,11,13,14). The minimum atomic E-state index is 0.518. The highest BCUT2D eigenvalue weighted by molar-refractivity contribution is 5.92. The number of aliphatic imine (C=N–C) groups is 1. The summed E-state index contributed by atoms with van der Waals surface area (Å²) in [6.45, 7) is 1.34. The molecule has 4 N–H and O–H groups in total. The Balaban J connectivity index is 2.42. The molecule has 0 radical (unpaired) electrons. The fourth-order valence-electron chi connectivity index (χ4n) is 1.14. The van der Waals surface area contributed by atoms with E-state index in [9.17, 15) is 0 Å². The van der Waals surface area contributed by atoms with Crippen LogP contribution in [0.15, 0.2) is 17.4 Å². The van der Waals surface area contributed by atoms with Crippen molar-refractivity contribution in [3.63, 3.8) is 0 Å². The SMILES string of the molecule is COCCCN=C(NN)Nc1cnn(C)c1. The van der Waals surface area contributed by atoms with Crippen LogP contribution in [0, 0.1) is 0 Å². The van der Waals surface area contributed by atoms with Crippen LogP contribution in [0.2, 0.25) is 0 Å². The van der Waals surface area contributed by atoms with Crippen molar-refractivity contribution in [2.75, 3.05) is 25.6 Å². The van der Waals surface area contributed by atoms with Crippen LogP contribution in [0.5, 0.6) is 0 Å². The number of aryl methyl sites for hydroxylation is 1. The van der Waals surface area contributed by atoms with Crippen LogP contribution in [-0.4, -0.2) is 36.0 Å². The van der Waals surface area contributed by atoms with E-state index in [1.165, 1.54) is 0 Å². The van der Waals surface area contributed by atoms with Crippen LogP contribution < -0.4 is 16.6 Å². The Labute approximate surface area is 94.6 Å². The van der Waals surface area contributed by atoms with Gasteiger partial charge in [0.05, 0.1) is 11.9 Å². The van der Waals surface area contributed by atoms with E-state index in [1.807, 2.05) is 13.2 Å². The number of guanidine groups is 1. The Bertz CT molecular complexity index is 334. The second-order valence-corrected chi connectivity index (χ2v) is 3.25. The summed E-state index contributed by atoms with van der Waals surface area (Å²) in [5.74, 6) is 5.86. The predicted molar refractivity (Wildman–Crippen MR) is 62.9 cm³/mol. The average molecular weight is 226 g/mol. The summed E-state index contributed by atoms with van der Waals surface area (Å²) >= 11 is 0. The molecule has 0 spiro atoms. The lowest BCUT2D eigenvalue weighted by Crippen LogP contribution is -2.36. The number of rotatable bonds is 5. The molecule has 0 unspecified atom stereocenters. The largest absolute Gasteiger partial charge is 0.385 e. The highest BCUT2D eigenvalue weighted by Gasteiger charge is 1.99. The third-order valence-corrected chi connectivity index (χ3v) is 1.88. The molecule has 0 aliphatic rings. The highest BCUT2D eigenvalue weighted by atomic mass is 16.5. The van der Waals surface area contributed by atoms with Gasteiger partial charge in [-0.15, -0.1) is 0 Å². The number of nitrogens with one attached hydrogen (secondary N) is 2. The van der Waals surface area contributed by atoms with Gasteiger partial charge in [0.25, 0.3) is 0 Å². The second-order valence-electron chi connectivity index (χ2n) is 3.25. The van der Waals surface area contributed by atoms with Gasteiger partial charge in [-0.1, -0.05) is 0 Å². The number of hydrogen-bond acceptors (Lipinski definition) is 4. The molecule has 16 heavy (non-hydrogen) atoms. The molecule has 0 atom stereocenters. The molecule has 1 aromatic rings. The van der Waals surface area contributed by atoms with Crippen molar-refractivity contribution < 1.29 is 4.74 Å². The summed E-state index contributed by atoms with van der Waals surface area (Å²) in [5.41, 5.74) is 3.34. The Morgan fingerprint density at radius 3 is 3.06 bits per heavy atom. The van der Waals surface area contributed by atoms with Crippen molar-refractivity contribution in [1.82, 2.24) is 15.2 Å². The van der Waals surface area contributed by atoms with E-state index in [2.05, 4.69) is 20.8 Å². The fourth-order valence-corrected chi connectivity index (χ4v) is 1.14. The van der Waals surface area contributed by atoms with Crippen molar-refractivity contribution in [3.05, 3.63) is 12.4 Å². The molecule has 0 fully saturated rings. The third-order valence-electron chi connectivity index (χ3n) is 1.88. The fraction of sp³-hybridized carbons (Fsp3) is 0.556. The van der Waals surface area contributed by atoms with Gasteiger partial charge in [0, 0.05) is 33.5 Å². The second kappa shape index (κ2) is 6.81. The van der Waals surface area contributed by atoms with E-state index in [1.54, 1.807) is 18.0 Å². The zero-order valence-electron chi connectivity index (χ0n) is 9.60. The van der Waals surface area contributed by atoms with Crippen molar-refractivity contribution in [2.24, 2.45) is 17.9 Å². The minimum absolute atomic E-state index is 0.518. The molecule has 0 aliphatic heterocycles. The molecule has 0 amide bonds. The van der Waals surface area contributed by atoms with Gasteiger partial charge in [0.15, 0.2) is 0 Å². The molecule has 0 saturated heterocycles. The summed E-state index contributed by atoms with van der Waals surface area (Å²) in [4.78, 5) is 4.24. The van der Waals surface area contributed by atoms with Crippen molar-refractivity contribution in [2.45, 2.75) is 6.42 Å². The maximum atomic E-state index is 5.34. The average Bonchev–Trinajstić information content (AvgIpc) is 2.68. The van der Waals surface area contributed by atoms with Gasteiger partial charge < -0.3 is 10.1 Å². The van der Waals surface area contributed by atoms with Crippen molar-refractivity contribution in [3.8, 4) is 0 Å². The molecule has 1 rings (SSSR count). The normalized spacial score (nSPS) is 11.6. The van der Waals surface area contributed by atoms with Crippen LogP contribution in [0.3, 0.4) is 0 Å². The number of nitrogens with zero attached hydrogens (tertiary/aromatic N) is 3.